The van der Waals surface area contributed by atoms with E-state index in [0.29, 0.717) is 17.4 Å². The number of halogens is 1. The summed E-state index contributed by atoms with van der Waals surface area (Å²) >= 11 is 5.79. The van der Waals surface area contributed by atoms with Gasteiger partial charge in [0.15, 0.2) is 11.5 Å². The van der Waals surface area contributed by atoms with Gasteiger partial charge in [-0.25, -0.2) is 0 Å². The lowest BCUT2D eigenvalue weighted by atomic mass is 10.1. The minimum Gasteiger partial charge on any atom is -0.493 e. The van der Waals surface area contributed by atoms with Gasteiger partial charge in [-0.1, -0.05) is 12.7 Å². The van der Waals surface area contributed by atoms with Crippen LogP contribution in [0.15, 0.2) is 18.7 Å². The summed E-state index contributed by atoms with van der Waals surface area (Å²) in [6.45, 7) is 3.72. The van der Waals surface area contributed by atoms with Crippen molar-refractivity contribution < 1.29 is 9.47 Å². The van der Waals surface area contributed by atoms with Crippen molar-refractivity contribution in [1.82, 2.24) is 0 Å². The van der Waals surface area contributed by atoms with E-state index in [1.165, 1.54) is 0 Å². The standard InChI is InChI=1S/C11H13ClO2/c1-4-8-5-10(13-2)11(14-3)6-9(8)7-12/h4-6H,1,7H2,2-3H3. The molecule has 0 aliphatic rings. The summed E-state index contributed by atoms with van der Waals surface area (Å²) in [5, 5.41) is 0. The van der Waals surface area contributed by atoms with E-state index < -0.39 is 0 Å². The van der Waals surface area contributed by atoms with Gasteiger partial charge in [-0.15, -0.1) is 11.6 Å². The molecule has 76 valence electrons. The Kier molecular flexibility index (Phi) is 3.84. The molecule has 0 amide bonds. The molecule has 1 aromatic rings. The Hall–Kier alpha value is -1.15. The number of methoxy groups -OCH3 is 2. The van der Waals surface area contributed by atoms with Crippen LogP contribution < -0.4 is 9.47 Å². The topological polar surface area (TPSA) is 18.5 Å². The molecule has 0 aromatic heterocycles. The lowest BCUT2D eigenvalue weighted by Gasteiger charge is -2.11. The van der Waals surface area contributed by atoms with Gasteiger partial charge in [0.1, 0.15) is 0 Å². The van der Waals surface area contributed by atoms with Gasteiger partial charge in [0, 0.05) is 5.88 Å². The molecule has 0 aliphatic heterocycles. The van der Waals surface area contributed by atoms with Crippen LogP contribution in [0.2, 0.25) is 0 Å². The second kappa shape index (κ2) is 4.91. The lowest BCUT2D eigenvalue weighted by Crippen LogP contribution is -1.94. The van der Waals surface area contributed by atoms with Crippen molar-refractivity contribution >= 4 is 17.7 Å². The van der Waals surface area contributed by atoms with Crippen LogP contribution in [0.5, 0.6) is 11.5 Å². The van der Waals surface area contributed by atoms with Gasteiger partial charge in [-0.3, -0.25) is 0 Å². The highest BCUT2D eigenvalue weighted by atomic mass is 35.5. The molecule has 2 nitrogen and oxygen atoms in total. The molecule has 0 saturated heterocycles. The number of rotatable bonds is 4. The molecule has 0 saturated carbocycles. The number of ether oxygens (including phenoxy) is 2. The van der Waals surface area contributed by atoms with Crippen LogP contribution in [0.4, 0.5) is 0 Å². The first-order valence-corrected chi connectivity index (χ1v) is 4.73. The molecule has 0 aliphatic carbocycles. The fourth-order valence-corrected chi connectivity index (χ4v) is 1.47. The zero-order chi connectivity index (χ0) is 10.6. The Balaban J connectivity index is 3.27. The van der Waals surface area contributed by atoms with E-state index >= 15 is 0 Å². The smallest absolute Gasteiger partial charge is 0.161 e. The normalized spacial score (nSPS) is 9.64. The molecule has 0 unspecified atom stereocenters. The van der Waals surface area contributed by atoms with E-state index in [1.807, 2.05) is 12.1 Å². The van der Waals surface area contributed by atoms with Crippen molar-refractivity contribution in [3.8, 4) is 11.5 Å². The largest absolute Gasteiger partial charge is 0.493 e. The highest BCUT2D eigenvalue weighted by Gasteiger charge is 2.08. The Bertz CT molecular complexity index is 334. The molecular weight excluding hydrogens is 200 g/mol. The third-order valence-electron chi connectivity index (χ3n) is 2.01. The maximum atomic E-state index is 5.79. The highest BCUT2D eigenvalue weighted by Crippen LogP contribution is 2.31. The predicted molar refractivity (Wildman–Crippen MR) is 59.2 cm³/mol. The number of hydrogen-bond acceptors (Lipinski definition) is 2. The molecule has 1 rings (SSSR count). The third kappa shape index (κ3) is 2.02. The number of hydrogen-bond donors (Lipinski definition) is 0. The second-order valence-corrected chi connectivity index (χ2v) is 3.01. The molecule has 0 heterocycles. The maximum absolute atomic E-state index is 5.79. The summed E-state index contributed by atoms with van der Waals surface area (Å²) in [5.74, 6) is 1.81. The van der Waals surface area contributed by atoms with Crippen molar-refractivity contribution in [2.45, 2.75) is 5.88 Å². The van der Waals surface area contributed by atoms with Gasteiger partial charge in [0.25, 0.3) is 0 Å². The first kappa shape index (κ1) is 10.9. The van der Waals surface area contributed by atoms with Crippen molar-refractivity contribution in [2.75, 3.05) is 14.2 Å². The summed E-state index contributed by atoms with van der Waals surface area (Å²) in [6.07, 6.45) is 1.75. The average molecular weight is 213 g/mol. The van der Waals surface area contributed by atoms with Gasteiger partial charge in [-0.05, 0) is 23.3 Å². The van der Waals surface area contributed by atoms with E-state index in [9.17, 15) is 0 Å². The van der Waals surface area contributed by atoms with Crippen LogP contribution in [-0.2, 0) is 5.88 Å². The molecular formula is C11H13ClO2. The Labute approximate surface area is 89.1 Å². The van der Waals surface area contributed by atoms with Crippen LogP contribution in [0.1, 0.15) is 11.1 Å². The third-order valence-corrected chi connectivity index (χ3v) is 2.30. The molecule has 0 atom stereocenters. The first-order valence-electron chi connectivity index (χ1n) is 4.20. The average Bonchev–Trinajstić information content (AvgIpc) is 2.26. The minimum absolute atomic E-state index is 0.432. The molecule has 3 heteroatoms. The molecule has 1 aromatic carbocycles. The van der Waals surface area contributed by atoms with Gasteiger partial charge >= 0.3 is 0 Å². The monoisotopic (exact) mass is 212 g/mol. The van der Waals surface area contributed by atoms with Gasteiger partial charge in [0.2, 0.25) is 0 Å². The number of benzene rings is 1. The molecule has 14 heavy (non-hydrogen) atoms. The van der Waals surface area contributed by atoms with E-state index in [0.717, 1.165) is 11.1 Å². The second-order valence-electron chi connectivity index (χ2n) is 2.74. The fraction of sp³-hybridized carbons (Fsp3) is 0.273. The number of alkyl halides is 1. The molecule has 0 spiro atoms. The molecule has 0 N–H and O–H groups in total. The quantitative estimate of drug-likeness (QED) is 0.715. The van der Waals surface area contributed by atoms with Gasteiger partial charge in [-0.2, -0.15) is 0 Å². The lowest BCUT2D eigenvalue weighted by molar-refractivity contribution is 0.354. The summed E-state index contributed by atoms with van der Waals surface area (Å²) in [6, 6.07) is 3.73. The van der Waals surface area contributed by atoms with E-state index in [-0.39, 0.29) is 0 Å². The zero-order valence-electron chi connectivity index (χ0n) is 8.34. The van der Waals surface area contributed by atoms with E-state index in [2.05, 4.69) is 6.58 Å². The summed E-state index contributed by atoms with van der Waals surface area (Å²) in [5.41, 5.74) is 1.96. The van der Waals surface area contributed by atoms with E-state index in [1.54, 1.807) is 20.3 Å². The molecule has 0 radical (unpaired) electrons. The van der Waals surface area contributed by atoms with Crippen LogP contribution in [0.3, 0.4) is 0 Å². The van der Waals surface area contributed by atoms with E-state index in [4.69, 9.17) is 21.1 Å². The Morgan fingerprint density at radius 2 is 1.86 bits per heavy atom. The molecule has 0 bridgehead atoms. The Morgan fingerprint density at radius 1 is 1.29 bits per heavy atom. The fourth-order valence-electron chi connectivity index (χ4n) is 1.24. The van der Waals surface area contributed by atoms with Crippen LogP contribution in [0, 0.1) is 0 Å². The minimum atomic E-state index is 0.432. The van der Waals surface area contributed by atoms with Crippen molar-refractivity contribution in [3.05, 3.63) is 29.8 Å². The molecule has 0 fully saturated rings. The first-order chi connectivity index (χ1) is 6.76. The predicted octanol–water partition coefficient (Wildman–Crippen LogP) is 3.09. The van der Waals surface area contributed by atoms with Gasteiger partial charge in [0.05, 0.1) is 14.2 Å². The maximum Gasteiger partial charge on any atom is 0.161 e. The Morgan fingerprint density at radius 3 is 2.29 bits per heavy atom. The summed E-state index contributed by atoms with van der Waals surface area (Å²) in [4.78, 5) is 0. The van der Waals surface area contributed by atoms with Crippen LogP contribution in [-0.4, -0.2) is 14.2 Å². The zero-order valence-corrected chi connectivity index (χ0v) is 9.10. The summed E-state index contributed by atoms with van der Waals surface area (Å²) < 4.78 is 10.3. The highest BCUT2D eigenvalue weighted by molar-refractivity contribution is 6.17. The van der Waals surface area contributed by atoms with Crippen molar-refractivity contribution in [2.24, 2.45) is 0 Å². The van der Waals surface area contributed by atoms with Crippen molar-refractivity contribution in [3.63, 3.8) is 0 Å². The summed E-state index contributed by atoms with van der Waals surface area (Å²) in [7, 11) is 3.20. The van der Waals surface area contributed by atoms with Crippen LogP contribution >= 0.6 is 11.6 Å². The SMILES string of the molecule is C=Cc1cc(OC)c(OC)cc1CCl. The van der Waals surface area contributed by atoms with Crippen molar-refractivity contribution in [1.29, 1.82) is 0 Å². The van der Waals surface area contributed by atoms with Crippen LogP contribution in [0.25, 0.3) is 6.08 Å². The van der Waals surface area contributed by atoms with Gasteiger partial charge < -0.3 is 9.47 Å².